The van der Waals surface area contributed by atoms with Crippen molar-refractivity contribution >= 4 is 32.4 Å². The van der Waals surface area contributed by atoms with Crippen LogP contribution in [0.2, 0.25) is 0 Å². The first kappa shape index (κ1) is 22.6. The molecule has 0 aliphatic carbocycles. The van der Waals surface area contributed by atoms with E-state index in [1.54, 1.807) is 16.4 Å². The molecule has 2 aromatic carbocycles. The summed E-state index contributed by atoms with van der Waals surface area (Å²) in [5.41, 5.74) is 4.54. The molecule has 0 atom stereocenters. The van der Waals surface area contributed by atoms with Crippen LogP contribution in [0.15, 0.2) is 52.7 Å². The normalized spacial score (nSPS) is 15.3. The van der Waals surface area contributed by atoms with Crippen LogP contribution in [0.25, 0.3) is 11.3 Å². The van der Waals surface area contributed by atoms with Crippen molar-refractivity contribution in [3.05, 3.63) is 64.5 Å². The number of carbonyl (C=O) groups is 1. The minimum atomic E-state index is -3.53. The Kier molecular flexibility index (Phi) is 6.74. The first-order valence-electron chi connectivity index (χ1n) is 10.8. The van der Waals surface area contributed by atoms with Crippen molar-refractivity contribution in [2.75, 3.05) is 18.4 Å². The van der Waals surface area contributed by atoms with E-state index in [0.29, 0.717) is 23.8 Å². The molecule has 3 aromatic rings. The molecule has 0 bridgehead atoms. The number of hydrogen-bond acceptors (Lipinski definition) is 5. The third-order valence-corrected chi connectivity index (χ3v) is 8.38. The van der Waals surface area contributed by atoms with E-state index in [0.717, 1.165) is 48.1 Å². The van der Waals surface area contributed by atoms with Crippen molar-refractivity contribution < 1.29 is 13.2 Å². The van der Waals surface area contributed by atoms with Crippen molar-refractivity contribution in [1.82, 2.24) is 9.29 Å². The molecule has 1 aliphatic heterocycles. The summed E-state index contributed by atoms with van der Waals surface area (Å²) in [6.45, 7) is 5.18. The Morgan fingerprint density at radius 3 is 2.38 bits per heavy atom. The molecule has 8 heteroatoms. The zero-order valence-electron chi connectivity index (χ0n) is 18.3. The van der Waals surface area contributed by atoms with Crippen LogP contribution in [0.3, 0.4) is 0 Å². The number of nitrogens with one attached hydrogen (secondary N) is 1. The number of benzene rings is 2. The quantitative estimate of drug-likeness (QED) is 0.554. The topological polar surface area (TPSA) is 79.4 Å². The zero-order valence-corrected chi connectivity index (χ0v) is 19.9. The molecule has 6 nitrogen and oxygen atoms in total. The standard InChI is InChI=1S/C24H27N3O3S2/c1-17-7-8-18(2)21(15-17)22-16-31-24(25-22)26-23(28)19-9-11-20(12-10-19)32(29,30)27-13-5-3-4-6-14-27/h7-12,15-16H,3-6,13-14H2,1-2H3,(H,25,26,28). The van der Waals surface area contributed by atoms with Gasteiger partial charge in [0.15, 0.2) is 5.13 Å². The Balaban J connectivity index is 1.47. The Hall–Kier alpha value is -2.55. The number of hydrogen-bond donors (Lipinski definition) is 1. The van der Waals surface area contributed by atoms with Gasteiger partial charge in [0.25, 0.3) is 5.91 Å². The summed E-state index contributed by atoms with van der Waals surface area (Å²) in [7, 11) is -3.53. The van der Waals surface area contributed by atoms with Crippen LogP contribution in [0.1, 0.15) is 47.2 Å². The Labute approximate surface area is 193 Å². The number of anilines is 1. The second-order valence-electron chi connectivity index (χ2n) is 8.15. The number of carbonyl (C=O) groups excluding carboxylic acids is 1. The highest BCUT2D eigenvalue weighted by Gasteiger charge is 2.25. The molecule has 1 amide bonds. The van der Waals surface area contributed by atoms with Gasteiger partial charge in [-0.05, 0) is 62.6 Å². The summed E-state index contributed by atoms with van der Waals surface area (Å²) in [4.78, 5) is 17.5. The largest absolute Gasteiger partial charge is 0.298 e. The van der Waals surface area contributed by atoms with E-state index in [-0.39, 0.29) is 10.8 Å². The molecule has 1 saturated heterocycles. The molecule has 1 aliphatic rings. The number of rotatable bonds is 5. The first-order valence-corrected chi connectivity index (χ1v) is 13.1. The molecule has 1 aromatic heterocycles. The Bertz CT molecular complexity index is 1210. The average molecular weight is 470 g/mol. The molecule has 0 saturated carbocycles. The highest BCUT2D eigenvalue weighted by molar-refractivity contribution is 7.89. The van der Waals surface area contributed by atoms with Gasteiger partial charge in [0.1, 0.15) is 0 Å². The van der Waals surface area contributed by atoms with Gasteiger partial charge in [-0.3, -0.25) is 10.1 Å². The van der Waals surface area contributed by atoms with Gasteiger partial charge in [-0.1, -0.05) is 30.5 Å². The van der Waals surface area contributed by atoms with Crippen LogP contribution < -0.4 is 5.32 Å². The lowest BCUT2D eigenvalue weighted by Gasteiger charge is -2.20. The van der Waals surface area contributed by atoms with Crippen LogP contribution in [0, 0.1) is 13.8 Å². The van der Waals surface area contributed by atoms with Gasteiger partial charge in [0, 0.05) is 29.6 Å². The maximum Gasteiger partial charge on any atom is 0.257 e. The van der Waals surface area contributed by atoms with Crippen molar-refractivity contribution in [2.24, 2.45) is 0 Å². The summed E-state index contributed by atoms with van der Waals surface area (Å²) in [6, 6.07) is 12.3. The smallest absolute Gasteiger partial charge is 0.257 e. The molecule has 2 heterocycles. The van der Waals surface area contributed by atoms with Gasteiger partial charge >= 0.3 is 0 Å². The second kappa shape index (κ2) is 9.52. The number of thiazole rings is 1. The van der Waals surface area contributed by atoms with Crippen LogP contribution in [0.4, 0.5) is 5.13 Å². The SMILES string of the molecule is Cc1ccc(C)c(-c2csc(NC(=O)c3ccc(S(=O)(=O)N4CCCCCC4)cc3)n2)c1. The minimum absolute atomic E-state index is 0.224. The van der Waals surface area contributed by atoms with E-state index in [2.05, 4.69) is 28.5 Å². The Morgan fingerprint density at radius 2 is 1.69 bits per heavy atom. The third-order valence-electron chi connectivity index (χ3n) is 5.71. The van der Waals surface area contributed by atoms with E-state index < -0.39 is 10.0 Å². The molecular weight excluding hydrogens is 442 g/mol. The van der Waals surface area contributed by atoms with Crippen molar-refractivity contribution in [3.8, 4) is 11.3 Å². The summed E-state index contributed by atoms with van der Waals surface area (Å²) in [6.07, 6.45) is 3.90. The second-order valence-corrected chi connectivity index (χ2v) is 10.9. The average Bonchev–Trinajstić information content (AvgIpc) is 3.06. The molecule has 0 unspecified atom stereocenters. The molecule has 1 N–H and O–H groups in total. The number of aromatic nitrogens is 1. The summed E-state index contributed by atoms with van der Waals surface area (Å²) in [5.74, 6) is -0.314. The maximum atomic E-state index is 12.9. The maximum absolute atomic E-state index is 12.9. The first-order chi connectivity index (χ1) is 15.3. The molecule has 32 heavy (non-hydrogen) atoms. The monoisotopic (exact) mass is 469 g/mol. The predicted molar refractivity (Wildman–Crippen MR) is 129 cm³/mol. The van der Waals surface area contributed by atoms with Gasteiger partial charge < -0.3 is 0 Å². The van der Waals surface area contributed by atoms with Crippen molar-refractivity contribution in [3.63, 3.8) is 0 Å². The molecular formula is C24H27N3O3S2. The fraction of sp³-hybridized carbons (Fsp3) is 0.333. The van der Waals surface area contributed by atoms with Crippen LogP contribution in [-0.4, -0.2) is 36.7 Å². The lowest BCUT2D eigenvalue weighted by molar-refractivity contribution is 0.102. The number of amides is 1. The van der Waals surface area contributed by atoms with Crippen LogP contribution in [-0.2, 0) is 10.0 Å². The molecule has 0 spiro atoms. The zero-order chi connectivity index (χ0) is 22.7. The Morgan fingerprint density at radius 1 is 1.00 bits per heavy atom. The van der Waals surface area contributed by atoms with E-state index in [4.69, 9.17) is 0 Å². The minimum Gasteiger partial charge on any atom is -0.298 e. The van der Waals surface area contributed by atoms with E-state index in [1.807, 2.05) is 19.2 Å². The highest BCUT2D eigenvalue weighted by atomic mass is 32.2. The molecule has 0 radical (unpaired) electrons. The molecule has 1 fully saturated rings. The van der Waals surface area contributed by atoms with Gasteiger partial charge in [-0.2, -0.15) is 4.31 Å². The lowest BCUT2D eigenvalue weighted by Crippen LogP contribution is -2.31. The molecule has 168 valence electrons. The third kappa shape index (κ3) is 4.92. The fourth-order valence-corrected chi connectivity index (χ4v) is 6.07. The number of sulfonamides is 1. The van der Waals surface area contributed by atoms with E-state index in [9.17, 15) is 13.2 Å². The van der Waals surface area contributed by atoms with Gasteiger partial charge in [-0.25, -0.2) is 13.4 Å². The number of aryl methyl sites for hydroxylation is 2. The van der Waals surface area contributed by atoms with Gasteiger partial charge in [0.05, 0.1) is 10.6 Å². The van der Waals surface area contributed by atoms with Crippen LogP contribution in [0.5, 0.6) is 0 Å². The van der Waals surface area contributed by atoms with E-state index >= 15 is 0 Å². The highest BCUT2D eigenvalue weighted by Crippen LogP contribution is 2.28. The van der Waals surface area contributed by atoms with Crippen LogP contribution >= 0.6 is 11.3 Å². The predicted octanol–water partition coefficient (Wildman–Crippen LogP) is 5.24. The fourth-order valence-electron chi connectivity index (χ4n) is 3.85. The summed E-state index contributed by atoms with van der Waals surface area (Å²) < 4.78 is 27.4. The van der Waals surface area contributed by atoms with E-state index in [1.165, 1.54) is 23.5 Å². The van der Waals surface area contributed by atoms with Gasteiger partial charge in [-0.15, -0.1) is 11.3 Å². The lowest BCUT2D eigenvalue weighted by atomic mass is 10.0. The summed E-state index contributed by atoms with van der Waals surface area (Å²) in [5, 5.41) is 5.25. The number of nitrogens with zero attached hydrogens (tertiary/aromatic N) is 2. The van der Waals surface area contributed by atoms with Gasteiger partial charge in [0.2, 0.25) is 10.0 Å². The summed E-state index contributed by atoms with van der Waals surface area (Å²) >= 11 is 1.36. The van der Waals surface area contributed by atoms with Crippen molar-refractivity contribution in [2.45, 2.75) is 44.4 Å². The molecule has 4 rings (SSSR count). The van der Waals surface area contributed by atoms with Crippen molar-refractivity contribution in [1.29, 1.82) is 0 Å².